The first kappa shape index (κ1) is 18.4. The van der Waals surface area contributed by atoms with E-state index in [1.807, 2.05) is 12.1 Å². The lowest BCUT2D eigenvalue weighted by molar-refractivity contribution is 0.353. The first-order valence-corrected chi connectivity index (χ1v) is 10.7. The highest BCUT2D eigenvalue weighted by atomic mass is 19.1. The number of halogens is 1. The topological polar surface area (TPSA) is 87.6 Å². The molecule has 6 rings (SSSR count). The largest absolute Gasteiger partial charge is 0.355 e. The molecule has 1 aromatic carbocycles. The summed E-state index contributed by atoms with van der Waals surface area (Å²) in [6, 6.07) is 8.80. The van der Waals surface area contributed by atoms with E-state index in [1.54, 1.807) is 24.7 Å². The minimum atomic E-state index is -0.399. The highest BCUT2D eigenvalue weighted by Crippen LogP contribution is 2.34. The molecule has 0 radical (unpaired) electrons. The van der Waals surface area contributed by atoms with Crippen LogP contribution in [0.4, 0.5) is 10.2 Å². The Morgan fingerprint density at radius 2 is 2.00 bits per heavy atom. The van der Waals surface area contributed by atoms with Crippen molar-refractivity contribution in [2.24, 2.45) is 0 Å². The second-order valence-electron chi connectivity index (χ2n) is 8.51. The van der Waals surface area contributed by atoms with Crippen LogP contribution < -0.4 is 10.2 Å². The number of piperidine rings is 1. The summed E-state index contributed by atoms with van der Waals surface area (Å²) in [6.07, 6.45) is 9.79. The van der Waals surface area contributed by atoms with Crippen LogP contribution in [0.1, 0.15) is 25.7 Å². The molecule has 0 aliphatic carbocycles. The Morgan fingerprint density at radius 3 is 2.71 bits per heavy atom. The van der Waals surface area contributed by atoms with E-state index in [0.29, 0.717) is 40.6 Å². The van der Waals surface area contributed by atoms with Crippen LogP contribution in [-0.2, 0) is 0 Å². The zero-order chi connectivity index (χ0) is 20.9. The van der Waals surface area contributed by atoms with Gasteiger partial charge in [0.1, 0.15) is 5.69 Å². The van der Waals surface area contributed by atoms with Crippen molar-refractivity contribution in [3.8, 4) is 16.9 Å². The zero-order valence-electron chi connectivity index (χ0n) is 17.2. The number of aromatic amines is 1. The monoisotopic (exact) mass is 418 g/mol. The summed E-state index contributed by atoms with van der Waals surface area (Å²) in [5.74, 6) is 0.441. The van der Waals surface area contributed by atoms with E-state index in [0.717, 1.165) is 24.0 Å². The van der Waals surface area contributed by atoms with Gasteiger partial charge in [0, 0.05) is 48.5 Å². The molecule has 2 bridgehead atoms. The molecule has 0 amide bonds. The smallest absolute Gasteiger partial charge is 0.151 e. The first-order chi connectivity index (χ1) is 15.2. The van der Waals surface area contributed by atoms with E-state index in [2.05, 4.69) is 42.8 Å². The maximum Gasteiger partial charge on any atom is 0.151 e. The minimum absolute atomic E-state index is 0.339. The van der Waals surface area contributed by atoms with Crippen molar-refractivity contribution in [2.45, 2.75) is 43.8 Å². The number of aromatic nitrogens is 6. The summed E-state index contributed by atoms with van der Waals surface area (Å²) in [5, 5.41) is 24.6. The van der Waals surface area contributed by atoms with Crippen molar-refractivity contribution in [1.29, 1.82) is 0 Å². The van der Waals surface area contributed by atoms with Gasteiger partial charge in [-0.2, -0.15) is 10.2 Å². The van der Waals surface area contributed by atoms with Crippen molar-refractivity contribution >= 4 is 16.7 Å². The molecule has 2 fully saturated rings. The number of fused-ring (bicyclic) bond motifs is 3. The second kappa shape index (κ2) is 7.12. The van der Waals surface area contributed by atoms with Crippen LogP contribution in [-0.4, -0.2) is 55.3 Å². The fraction of sp³-hybridized carbons (Fsp3) is 0.364. The van der Waals surface area contributed by atoms with Crippen LogP contribution in [0.5, 0.6) is 0 Å². The summed E-state index contributed by atoms with van der Waals surface area (Å²) >= 11 is 0. The van der Waals surface area contributed by atoms with Crippen LogP contribution >= 0.6 is 0 Å². The lowest BCUT2D eigenvalue weighted by Gasteiger charge is -2.36. The van der Waals surface area contributed by atoms with E-state index in [1.165, 1.54) is 23.6 Å². The minimum Gasteiger partial charge on any atom is -0.355 e. The third-order valence-electron chi connectivity index (χ3n) is 6.68. The van der Waals surface area contributed by atoms with Crippen molar-refractivity contribution in [1.82, 2.24) is 35.5 Å². The van der Waals surface area contributed by atoms with Gasteiger partial charge in [0.05, 0.1) is 17.4 Å². The Morgan fingerprint density at radius 1 is 1.16 bits per heavy atom. The molecule has 8 nitrogen and oxygen atoms in total. The fourth-order valence-corrected chi connectivity index (χ4v) is 5.09. The molecule has 3 atom stereocenters. The normalized spacial score (nSPS) is 22.8. The molecule has 0 spiro atoms. The standard InChI is InChI=1S/C22H23FN8/c1-30(15-9-13-3-4-14(10-15)26-13)20-6-5-19(27-28-20)16-11-18(23)22(31-8-2-7-25-31)21-17(16)12-24-29-21/h2,5-8,11-15,26H,3-4,9-10H2,1H3,(H,24,29)/t13-,14+,15?. The molecule has 2 aliphatic heterocycles. The summed E-state index contributed by atoms with van der Waals surface area (Å²) in [4.78, 5) is 2.23. The molecule has 2 N–H and O–H groups in total. The second-order valence-corrected chi connectivity index (χ2v) is 8.51. The molecule has 5 heterocycles. The molecule has 31 heavy (non-hydrogen) atoms. The molecule has 3 aromatic heterocycles. The van der Waals surface area contributed by atoms with Crippen molar-refractivity contribution < 1.29 is 4.39 Å². The van der Waals surface area contributed by atoms with Gasteiger partial charge in [-0.05, 0) is 49.9 Å². The van der Waals surface area contributed by atoms with Gasteiger partial charge in [0.15, 0.2) is 11.6 Å². The highest BCUT2D eigenvalue weighted by Gasteiger charge is 2.35. The van der Waals surface area contributed by atoms with Gasteiger partial charge in [-0.15, -0.1) is 10.2 Å². The van der Waals surface area contributed by atoms with Gasteiger partial charge in [-0.25, -0.2) is 9.07 Å². The average molecular weight is 418 g/mol. The molecule has 1 unspecified atom stereocenters. The number of rotatable bonds is 4. The Kier molecular flexibility index (Phi) is 4.24. The maximum atomic E-state index is 15.1. The lowest BCUT2D eigenvalue weighted by Crippen LogP contribution is -2.47. The van der Waals surface area contributed by atoms with Crippen LogP contribution in [0.25, 0.3) is 27.8 Å². The molecule has 2 saturated heterocycles. The van der Waals surface area contributed by atoms with Gasteiger partial charge in [-0.1, -0.05) is 0 Å². The van der Waals surface area contributed by atoms with Gasteiger partial charge >= 0.3 is 0 Å². The Balaban J connectivity index is 1.33. The van der Waals surface area contributed by atoms with E-state index in [4.69, 9.17) is 0 Å². The van der Waals surface area contributed by atoms with Gasteiger partial charge in [-0.3, -0.25) is 5.10 Å². The van der Waals surface area contributed by atoms with Crippen LogP contribution in [0.2, 0.25) is 0 Å². The van der Waals surface area contributed by atoms with E-state index in [-0.39, 0.29) is 0 Å². The number of benzene rings is 1. The van der Waals surface area contributed by atoms with Gasteiger partial charge in [0.2, 0.25) is 0 Å². The Labute approximate surface area is 178 Å². The fourth-order valence-electron chi connectivity index (χ4n) is 5.09. The molecular formula is C22H23FN8. The molecule has 4 aromatic rings. The average Bonchev–Trinajstić information content (AvgIpc) is 3.55. The SMILES string of the molecule is CN(c1ccc(-c2cc(F)c(-n3cccn3)c3[nH]ncc23)nn1)C1C[C@H]2CC[C@@H](C1)N2. The molecule has 2 aliphatic rings. The first-order valence-electron chi connectivity index (χ1n) is 10.7. The van der Waals surface area contributed by atoms with Crippen LogP contribution in [0, 0.1) is 5.82 Å². The number of anilines is 1. The quantitative estimate of drug-likeness (QED) is 0.530. The highest BCUT2D eigenvalue weighted by molar-refractivity contribution is 5.98. The van der Waals surface area contributed by atoms with E-state index in [9.17, 15) is 0 Å². The number of H-pyrrole nitrogens is 1. The number of nitrogens with zero attached hydrogens (tertiary/aromatic N) is 6. The van der Waals surface area contributed by atoms with Crippen molar-refractivity contribution in [3.05, 3.63) is 48.7 Å². The summed E-state index contributed by atoms with van der Waals surface area (Å²) in [5.41, 5.74) is 2.18. The van der Waals surface area contributed by atoms with Crippen LogP contribution in [0.15, 0.2) is 42.9 Å². The summed E-state index contributed by atoms with van der Waals surface area (Å²) in [6.45, 7) is 0. The molecule has 0 saturated carbocycles. The third kappa shape index (κ3) is 3.07. The number of hydrogen-bond donors (Lipinski definition) is 2. The lowest BCUT2D eigenvalue weighted by atomic mass is 9.98. The number of nitrogens with one attached hydrogen (secondary N) is 2. The Hall–Kier alpha value is -3.33. The number of hydrogen-bond acceptors (Lipinski definition) is 6. The molecule has 9 heteroatoms. The predicted octanol–water partition coefficient (Wildman–Crippen LogP) is 3.06. The zero-order valence-corrected chi connectivity index (χ0v) is 17.2. The third-order valence-corrected chi connectivity index (χ3v) is 6.68. The van der Waals surface area contributed by atoms with Gasteiger partial charge in [0.25, 0.3) is 0 Å². The summed E-state index contributed by atoms with van der Waals surface area (Å²) in [7, 11) is 2.09. The Bertz CT molecular complexity index is 1200. The molecular weight excluding hydrogens is 395 g/mol. The van der Waals surface area contributed by atoms with E-state index >= 15 is 4.39 Å². The maximum absolute atomic E-state index is 15.1. The van der Waals surface area contributed by atoms with Crippen molar-refractivity contribution in [3.63, 3.8) is 0 Å². The predicted molar refractivity (Wildman–Crippen MR) is 116 cm³/mol. The van der Waals surface area contributed by atoms with Crippen molar-refractivity contribution in [2.75, 3.05) is 11.9 Å². The summed E-state index contributed by atoms with van der Waals surface area (Å²) < 4.78 is 16.6. The van der Waals surface area contributed by atoms with E-state index < -0.39 is 5.82 Å². The molecule has 158 valence electrons. The van der Waals surface area contributed by atoms with Crippen LogP contribution in [0.3, 0.4) is 0 Å². The van der Waals surface area contributed by atoms with Gasteiger partial charge < -0.3 is 10.2 Å².